The molecule has 4 atom stereocenters. The number of carbonyl (C=O) groups excluding carboxylic acids is 1. The molecule has 0 spiro atoms. The molecule has 1 aromatic rings. The zero-order valence-electron chi connectivity index (χ0n) is 9.05. The summed E-state index contributed by atoms with van der Waals surface area (Å²) in [6, 6.07) is 0. The summed E-state index contributed by atoms with van der Waals surface area (Å²) in [7, 11) is 0. The number of hydrogen-bond acceptors (Lipinski definition) is 8. The Labute approximate surface area is 105 Å². The van der Waals surface area contributed by atoms with E-state index in [0.717, 1.165) is 0 Å². The molecule has 0 radical (unpaired) electrons. The van der Waals surface area contributed by atoms with E-state index >= 15 is 0 Å². The lowest BCUT2D eigenvalue weighted by Crippen LogP contribution is -2.61. The number of thiazole rings is 1. The fourth-order valence-corrected chi connectivity index (χ4v) is 2.15. The lowest BCUT2D eigenvalue weighted by molar-refractivity contribution is -0.185. The summed E-state index contributed by atoms with van der Waals surface area (Å²) >= 11 is 1.18. The van der Waals surface area contributed by atoms with Gasteiger partial charge >= 0.3 is 0 Å². The van der Waals surface area contributed by atoms with E-state index in [1.807, 2.05) is 5.32 Å². The minimum Gasteiger partial charge on any atom is -0.394 e. The van der Waals surface area contributed by atoms with Gasteiger partial charge in [0.25, 0.3) is 5.91 Å². The summed E-state index contributed by atoms with van der Waals surface area (Å²) in [5.41, 5.74) is -0.915. The Morgan fingerprint density at radius 2 is 2.33 bits per heavy atom. The molecule has 1 saturated heterocycles. The van der Waals surface area contributed by atoms with Crippen LogP contribution in [0, 0.1) is 0 Å². The molecule has 0 aliphatic carbocycles. The van der Waals surface area contributed by atoms with Crippen LogP contribution in [-0.4, -0.2) is 62.1 Å². The average molecular weight is 276 g/mol. The molecule has 1 aliphatic rings. The van der Waals surface area contributed by atoms with Crippen molar-refractivity contribution in [2.24, 2.45) is 0 Å². The highest BCUT2D eigenvalue weighted by Gasteiger charge is 2.56. The van der Waals surface area contributed by atoms with Gasteiger partial charge in [-0.15, -0.1) is 11.3 Å². The van der Waals surface area contributed by atoms with Crippen molar-refractivity contribution in [3.63, 3.8) is 0 Å². The van der Waals surface area contributed by atoms with Crippen LogP contribution >= 0.6 is 11.3 Å². The highest BCUT2D eigenvalue weighted by Crippen LogP contribution is 2.27. The first-order valence-electron chi connectivity index (χ1n) is 5.04. The summed E-state index contributed by atoms with van der Waals surface area (Å²) in [4.78, 5) is 15.4. The lowest BCUT2D eigenvalue weighted by Gasteiger charge is -2.28. The zero-order chi connectivity index (χ0) is 13.3. The molecule has 18 heavy (non-hydrogen) atoms. The standard InChI is InChI=1S/C9H12N2O6S/c12-1-5-6(13)9(16,8(15)17-5)11-7(14)4-2-18-3-10-4/h2-3,5-6,8,12-13,15-16H,1H2,(H,11,14)/t5-,6-,8-,9+/m1/s1. The van der Waals surface area contributed by atoms with Crippen molar-refractivity contribution in [3.8, 4) is 0 Å². The van der Waals surface area contributed by atoms with Gasteiger partial charge in [0.1, 0.15) is 17.9 Å². The summed E-state index contributed by atoms with van der Waals surface area (Å²) in [6.07, 6.45) is -4.67. The number of amides is 1. The topological polar surface area (TPSA) is 132 Å². The van der Waals surface area contributed by atoms with Gasteiger partial charge in [0, 0.05) is 5.38 Å². The van der Waals surface area contributed by atoms with Gasteiger partial charge in [-0.3, -0.25) is 4.79 Å². The second kappa shape index (κ2) is 4.88. The van der Waals surface area contributed by atoms with Gasteiger partial charge in [-0.2, -0.15) is 0 Å². The fourth-order valence-electron chi connectivity index (χ4n) is 1.62. The molecule has 1 fully saturated rings. The highest BCUT2D eigenvalue weighted by molar-refractivity contribution is 7.07. The van der Waals surface area contributed by atoms with Gasteiger partial charge in [0.2, 0.25) is 12.0 Å². The lowest BCUT2D eigenvalue weighted by atomic mass is 10.0. The summed E-state index contributed by atoms with van der Waals surface area (Å²) in [6.45, 7) is -0.604. The van der Waals surface area contributed by atoms with Gasteiger partial charge in [0.15, 0.2) is 0 Å². The first-order chi connectivity index (χ1) is 8.49. The maximum atomic E-state index is 11.7. The maximum Gasteiger partial charge on any atom is 0.273 e. The largest absolute Gasteiger partial charge is 0.394 e. The minimum atomic E-state index is -2.38. The first kappa shape index (κ1) is 13.3. The van der Waals surface area contributed by atoms with Crippen LogP contribution < -0.4 is 5.32 Å². The van der Waals surface area contributed by atoms with E-state index in [1.54, 1.807) is 0 Å². The third kappa shape index (κ3) is 2.11. The van der Waals surface area contributed by atoms with Crippen LogP contribution in [0.2, 0.25) is 0 Å². The van der Waals surface area contributed by atoms with Crippen LogP contribution in [-0.2, 0) is 4.74 Å². The van der Waals surface area contributed by atoms with Crippen molar-refractivity contribution in [1.29, 1.82) is 0 Å². The number of nitrogens with one attached hydrogen (secondary N) is 1. The molecule has 5 N–H and O–H groups in total. The molecule has 1 amide bonds. The van der Waals surface area contributed by atoms with Crippen LogP contribution in [0.5, 0.6) is 0 Å². The van der Waals surface area contributed by atoms with Crippen molar-refractivity contribution < 1.29 is 30.0 Å². The minimum absolute atomic E-state index is 0.0419. The summed E-state index contributed by atoms with van der Waals surface area (Å²) in [5, 5.41) is 41.6. The molecule has 0 saturated carbocycles. The SMILES string of the molecule is O=C(N[C@@]1(O)[C@H](O)O[C@H](CO)[C@H]1O)c1cscn1. The number of carbonyl (C=O) groups is 1. The van der Waals surface area contributed by atoms with Crippen LogP contribution in [0.15, 0.2) is 10.9 Å². The summed E-state index contributed by atoms with van der Waals surface area (Å²) < 4.78 is 4.73. The van der Waals surface area contributed by atoms with Crippen LogP contribution in [0.3, 0.4) is 0 Å². The van der Waals surface area contributed by atoms with E-state index in [0.29, 0.717) is 0 Å². The van der Waals surface area contributed by atoms with Gasteiger partial charge in [-0.05, 0) is 0 Å². The Kier molecular flexibility index (Phi) is 3.61. The van der Waals surface area contributed by atoms with E-state index in [1.165, 1.54) is 22.2 Å². The number of aromatic nitrogens is 1. The molecule has 100 valence electrons. The van der Waals surface area contributed by atoms with E-state index in [-0.39, 0.29) is 5.69 Å². The Morgan fingerprint density at radius 3 is 2.83 bits per heavy atom. The van der Waals surface area contributed by atoms with Gasteiger partial charge in [-0.1, -0.05) is 0 Å². The van der Waals surface area contributed by atoms with Crippen LogP contribution in [0.25, 0.3) is 0 Å². The van der Waals surface area contributed by atoms with Crippen molar-refractivity contribution in [1.82, 2.24) is 10.3 Å². The second-order valence-electron chi connectivity index (χ2n) is 3.81. The molecule has 0 bridgehead atoms. The number of aliphatic hydroxyl groups is 4. The van der Waals surface area contributed by atoms with Crippen molar-refractivity contribution >= 4 is 17.2 Å². The van der Waals surface area contributed by atoms with E-state index in [2.05, 4.69) is 4.98 Å². The molecular formula is C9H12N2O6S. The molecule has 0 unspecified atom stereocenters. The first-order valence-corrected chi connectivity index (χ1v) is 5.99. The Balaban J connectivity index is 2.14. The molecule has 2 rings (SSSR count). The van der Waals surface area contributed by atoms with Crippen molar-refractivity contribution in [2.45, 2.75) is 24.2 Å². The van der Waals surface area contributed by atoms with Crippen molar-refractivity contribution in [2.75, 3.05) is 6.61 Å². The molecule has 8 nitrogen and oxygen atoms in total. The number of nitrogens with zero attached hydrogens (tertiary/aromatic N) is 1. The number of aliphatic hydroxyl groups excluding tert-OH is 3. The summed E-state index contributed by atoms with van der Waals surface area (Å²) in [5.74, 6) is -0.765. The Bertz CT molecular complexity index is 427. The fraction of sp³-hybridized carbons (Fsp3) is 0.556. The van der Waals surface area contributed by atoms with Gasteiger partial charge in [0.05, 0.1) is 12.1 Å². The third-order valence-electron chi connectivity index (χ3n) is 2.64. The van der Waals surface area contributed by atoms with E-state index < -0.39 is 36.7 Å². The van der Waals surface area contributed by atoms with Crippen molar-refractivity contribution in [3.05, 3.63) is 16.6 Å². The average Bonchev–Trinajstić information content (AvgIpc) is 2.93. The van der Waals surface area contributed by atoms with Gasteiger partial charge < -0.3 is 30.5 Å². The zero-order valence-corrected chi connectivity index (χ0v) is 9.87. The molecule has 1 aliphatic heterocycles. The predicted molar refractivity (Wildman–Crippen MR) is 58.5 cm³/mol. The molecule has 1 aromatic heterocycles. The number of rotatable bonds is 3. The molecular weight excluding hydrogens is 264 g/mol. The quantitative estimate of drug-likeness (QED) is 0.390. The molecule has 2 heterocycles. The molecule has 9 heteroatoms. The van der Waals surface area contributed by atoms with E-state index in [4.69, 9.17) is 9.84 Å². The van der Waals surface area contributed by atoms with E-state index in [9.17, 15) is 20.1 Å². The Hall–Kier alpha value is -1.10. The molecule has 0 aromatic carbocycles. The smallest absolute Gasteiger partial charge is 0.273 e. The van der Waals surface area contributed by atoms with Crippen LogP contribution in [0.1, 0.15) is 10.5 Å². The number of hydrogen-bond donors (Lipinski definition) is 5. The highest BCUT2D eigenvalue weighted by atomic mass is 32.1. The Morgan fingerprint density at radius 1 is 1.61 bits per heavy atom. The monoisotopic (exact) mass is 276 g/mol. The third-order valence-corrected chi connectivity index (χ3v) is 3.23. The second-order valence-corrected chi connectivity index (χ2v) is 4.53. The maximum absolute atomic E-state index is 11.7. The van der Waals surface area contributed by atoms with Gasteiger partial charge in [-0.25, -0.2) is 4.98 Å². The van der Waals surface area contributed by atoms with Crippen LogP contribution in [0.4, 0.5) is 0 Å². The predicted octanol–water partition coefficient (Wildman–Crippen LogP) is -2.37. The number of ether oxygens (including phenoxy) is 1. The normalized spacial score (nSPS) is 35.7.